The number of nitrogens with zero attached hydrogens (tertiary/aromatic N) is 3. The van der Waals surface area contributed by atoms with E-state index in [-0.39, 0.29) is 40.7 Å². The zero-order chi connectivity index (χ0) is 28.5. The summed E-state index contributed by atoms with van der Waals surface area (Å²) in [7, 11) is -3.31. The fourth-order valence-electron chi connectivity index (χ4n) is 5.49. The summed E-state index contributed by atoms with van der Waals surface area (Å²) in [5.41, 5.74) is 3.28. The minimum absolute atomic E-state index is 0.0195. The molecule has 1 amide bonds. The molecule has 1 fully saturated rings. The van der Waals surface area contributed by atoms with E-state index < -0.39 is 9.84 Å². The molecule has 0 radical (unpaired) electrons. The highest BCUT2D eigenvalue weighted by molar-refractivity contribution is 7.91. The number of ether oxygens (including phenoxy) is 1. The predicted molar refractivity (Wildman–Crippen MR) is 154 cm³/mol. The van der Waals surface area contributed by atoms with Crippen molar-refractivity contribution in [3.8, 4) is 6.07 Å². The van der Waals surface area contributed by atoms with Crippen molar-refractivity contribution in [3.63, 3.8) is 0 Å². The number of nitriles is 1. The number of nitrogens with one attached hydrogen (secondary N) is 1. The van der Waals surface area contributed by atoms with Gasteiger partial charge in [0.15, 0.2) is 9.84 Å². The first-order valence-electron chi connectivity index (χ1n) is 13.6. The zero-order valence-electron chi connectivity index (χ0n) is 23.0. The van der Waals surface area contributed by atoms with Crippen LogP contribution in [0.5, 0.6) is 0 Å². The lowest BCUT2D eigenvalue weighted by molar-refractivity contribution is -0.105. The third kappa shape index (κ3) is 5.56. The Kier molecular flexibility index (Phi) is 8.11. The normalized spacial score (nSPS) is 19.5. The molecule has 1 spiro atoms. The third-order valence-electron chi connectivity index (χ3n) is 8.18. The summed E-state index contributed by atoms with van der Waals surface area (Å²) in [6, 6.07) is 15.4. The lowest BCUT2D eigenvalue weighted by Gasteiger charge is -2.46. The van der Waals surface area contributed by atoms with Crippen LogP contribution in [-0.2, 0) is 26.7 Å². The molecule has 40 heavy (non-hydrogen) atoms. The van der Waals surface area contributed by atoms with Crippen LogP contribution in [0.4, 0.5) is 0 Å². The molecule has 0 saturated carbocycles. The van der Waals surface area contributed by atoms with Crippen LogP contribution in [0.3, 0.4) is 0 Å². The second-order valence-corrected chi connectivity index (χ2v) is 13.9. The molecule has 210 valence electrons. The number of amides is 1. The van der Waals surface area contributed by atoms with Crippen LogP contribution in [-0.4, -0.2) is 49.7 Å². The molecule has 2 aromatic heterocycles. The Hall–Kier alpha value is -3.10. The summed E-state index contributed by atoms with van der Waals surface area (Å²) in [6.07, 6.45) is 3.05. The minimum Gasteiger partial charge on any atom is -0.369 e. The van der Waals surface area contributed by atoms with Crippen LogP contribution >= 0.6 is 11.3 Å². The monoisotopic (exact) mass is 578 g/mol. The Balaban J connectivity index is 1.26. The first-order valence-corrected chi connectivity index (χ1v) is 16.1. The van der Waals surface area contributed by atoms with Gasteiger partial charge in [-0.05, 0) is 61.2 Å². The Labute approximate surface area is 239 Å². The lowest BCUT2D eigenvalue weighted by Crippen LogP contribution is -2.47. The number of fused-ring (bicyclic) bond motifs is 2. The van der Waals surface area contributed by atoms with Gasteiger partial charge in [-0.1, -0.05) is 26.0 Å². The van der Waals surface area contributed by atoms with Gasteiger partial charge in [-0.3, -0.25) is 14.7 Å². The molecule has 4 heterocycles. The molecule has 2 atom stereocenters. The zero-order valence-corrected chi connectivity index (χ0v) is 24.6. The first-order chi connectivity index (χ1) is 19.2. The number of likely N-dealkylation sites (tertiary alicyclic amines) is 1. The number of pyridine rings is 1. The fraction of sp³-hybridized carbons (Fsp3) is 0.433. The Morgan fingerprint density at radius 1 is 1.25 bits per heavy atom. The average Bonchev–Trinajstić information content (AvgIpc) is 3.46. The number of hydrogen-bond acceptors (Lipinski definition) is 8. The van der Waals surface area contributed by atoms with E-state index in [1.54, 1.807) is 13.0 Å². The van der Waals surface area contributed by atoms with E-state index in [9.17, 15) is 13.2 Å². The number of hydrogen-bond donors (Lipinski definition) is 1. The van der Waals surface area contributed by atoms with E-state index in [1.807, 2.05) is 30.3 Å². The van der Waals surface area contributed by atoms with Crippen LogP contribution in [0.25, 0.3) is 0 Å². The van der Waals surface area contributed by atoms with Crippen LogP contribution in [0.1, 0.15) is 82.5 Å². The molecule has 1 aromatic carbocycles. The van der Waals surface area contributed by atoms with Gasteiger partial charge >= 0.3 is 0 Å². The number of carbonyl (C=O) groups is 1. The second kappa shape index (κ2) is 11.4. The quantitative estimate of drug-likeness (QED) is 0.423. The van der Waals surface area contributed by atoms with Gasteiger partial charge in [0.25, 0.3) is 5.91 Å². The van der Waals surface area contributed by atoms with E-state index in [2.05, 4.69) is 35.1 Å². The highest BCUT2D eigenvalue weighted by Gasteiger charge is 2.45. The van der Waals surface area contributed by atoms with Gasteiger partial charge in [-0.25, -0.2) is 8.42 Å². The molecule has 8 nitrogen and oxygen atoms in total. The number of piperidine rings is 1. The predicted octanol–water partition coefficient (Wildman–Crippen LogP) is 4.92. The summed E-state index contributed by atoms with van der Waals surface area (Å²) in [6.45, 7) is 8.54. The van der Waals surface area contributed by atoms with Crippen molar-refractivity contribution in [2.24, 2.45) is 0 Å². The van der Waals surface area contributed by atoms with E-state index in [0.717, 1.165) is 30.8 Å². The largest absolute Gasteiger partial charge is 0.369 e. The van der Waals surface area contributed by atoms with Gasteiger partial charge in [0.1, 0.15) is 5.60 Å². The molecular formula is C30H34N4O4S2. The van der Waals surface area contributed by atoms with Crippen LogP contribution in [0.15, 0.2) is 53.6 Å². The number of benzene rings is 1. The van der Waals surface area contributed by atoms with E-state index in [4.69, 9.17) is 10.00 Å². The maximum absolute atomic E-state index is 13.1. The van der Waals surface area contributed by atoms with Crippen molar-refractivity contribution < 1.29 is 17.9 Å². The molecule has 1 unspecified atom stereocenters. The molecule has 2 aliphatic heterocycles. The molecule has 10 heteroatoms. The van der Waals surface area contributed by atoms with Crippen molar-refractivity contribution in [2.45, 2.75) is 62.6 Å². The average molecular weight is 579 g/mol. The van der Waals surface area contributed by atoms with Gasteiger partial charge in [-0.15, -0.1) is 11.3 Å². The summed E-state index contributed by atoms with van der Waals surface area (Å²) in [5.74, 6) is 0.0652. The minimum atomic E-state index is -3.31. The van der Waals surface area contributed by atoms with Gasteiger partial charge < -0.3 is 10.1 Å². The molecular weight excluding hydrogens is 544 g/mol. The smallest absolute Gasteiger partial charge is 0.261 e. The number of carbonyl (C=O) groups excluding carboxylic acids is 1. The van der Waals surface area contributed by atoms with Crippen LogP contribution in [0.2, 0.25) is 0 Å². The van der Waals surface area contributed by atoms with Crippen molar-refractivity contribution in [1.29, 1.82) is 5.26 Å². The van der Waals surface area contributed by atoms with Crippen molar-refractivity contribution in [2.75, 3.05) is 25.4 Å². The van der Waals surface area contributed by atoms with Crippen LogP contribution < -0.4 is 5.32 Å². The topological polar surface area (TPSA) is 112 Å². The molecule has 1 N–H and O–H groups in total. The maximum Gasteiger partial charge on any atom is 0.261 e. The first kappa shape index (κ1) is 28.4. The maximum atomic E-state index is 13.1. The van der Waals surface area contributed by atoms with Crippen molar-refractivity contribution in [1.82, 2.24) is 15.2 Å². The van der Waals surface area contributed by atoms with E-state index in [0.29, 0.717) is 22.7 Å². The molecule has 0 bridgehead atoms. The number of thiophene rings is 1. The van der Waals surface area contributed by atoms with Gasteiger partial charge in [-0.2, -0.15) is 5.26 Å². The number of rotatable bonds is 7. The second-order valence-electron chi connectivity index (χ2n) is 10.6. The molecule has 5 rings (SSSR count). The summed E-state index contributed by atoms with van der Waals surface area (Å²) >= 11 is 1.52. The molecule has 1 saturated heterocycles. The Morgan fingerprint density at radius 2 is 1.98 bits per heavy atom. The van der Waals surface area contributed by atoms with E-state index >= 15 is 0 Å². The van der Waals surface area contributed by atoms with Crippen molar-refractivity contribution in [3.05, 3.63) is 80.8 Å². The van der Waals surface area contributed by atoms with Gasteiger partial charge in [0, 0.05) is 36.1 Å². The van der Waals surface area contributed by atoms with Crippen molar-refractivity contribution >= 4 is 27.1 Å². The molecule has 3 aromatic rings. The standard InChI is InChI=1S/C30H34N4O4S2/c1-4-40(36,37)25-10-9-24(32-18-25)17-33-29(35)27-15-26-20(2)19-38-30(28(26)39-27)11-13-34(14-12-30)21(3)23-7-5-22(16-31)6-8-23/h5-10,15,18,20-21H,4,11-14,17,19H2,1-3H3,(H,33,35)/t20-,21?/m1/s1. The fourth-order valence-corrected chi connectivity index (χ4v) is 7.71. The lowest BCUT2D eigenvalue weighted by atomic mass is 9.82. The van der Waals surface area contributed by atoms with Crippen LogP contribution in [0, 0.1) is 11.3 Å². The summed E-state index contributed by atoms with van der Waals surface area (Å²) in [5, 5.41) is 12.0. The highest BCUT2D eigenvalue weighted by atomic mass is 32.2. The Bertz CT molecular complexity index is 1520. The summed E-state index contributed by atoms with van der Waals surface area (Å²) < 4.78 is 30.6. The third-order valence-corrected chi connectivity index (χ3v) is 11.2. The Morgan fingerprint density at radius 3 is 2.60 bits per heavy atom. The SMILES string of the molecule is CCS(=O)(=O)c1ccc(CNC(=O)c2cc3c(s2)C2(CCN(C(C)c4ccc(C#N)cc4)CC2)OC[C@H]3C)nc1. The molecule has 2 aliphatic rings. The van der Waals surface area contributed by atoms with E-state index in [1.165, 1.54) is 34.7 Å². The molecule has 0 aliphatic carbocycles. The van der Waals surface area contributed by atoms with Gasteiger partial charge in [0.05, 0.1) is 46.0 Å². The summed E-state index contributed by atoms with van der Waals surface area (Å²) in [4.78, 5) is 21.8. The highest BCUT2D eigenvalue weighted by Crippen LogP contribution is 2.49. The number of sulfone groups is 1. The van der Waals surface area contributed by atoms with Gasteiger partial charge in [0.2, 0.25) is 0 Å². The number of aromatic nitrogens is 1.